The molecular formula is C6H13NO3S. The van der Waals surface area contributed by atoms with Gasteiger partial charge >= 0.3 is 0 Å². The van der Waals surface area contributed by atoms with E-state index in [1.165, 1.54) is 4.31 Å². The van der Waals surface area contributed by atoms with Crippen LogP contribution in [0.5, 0.6) is 0 Å². The van der Waals surface area contributed by atoms with Crippen LogP contribution in [0.2, 0.25) is 0 Å². The van der Waals surface area contributed by atoms with E-state index in [-0.39, 0.29) is 12.3 Å². The first kappa shape index (κ1) is 8.96. The molecule has 0 aliphatic carbocycles. The topological polar surface area (TPSA) is 57.6 Å². The Labute approximate surface area is 66.9 Å². The summed E-state index contributed by atoms with van der Waals surface area (Å²) in [7, 11) is -3.01. The van der Waals surface area contributed by atoms with Crippen LogP contribution in [-0.2, 0) is 10.0 Å². The molecule has 1 unspecified atom stereocenters. The van der Waals surface area contributed by atoms with Crippen LogP contribution in [0.25, 0.3) is 0 Å². The second kappa shape index (κ2) is 3.08. The zero-order valence-electron chi connectivity index (χ0n) is 6.52. The molecule has 0 radical (unpaired) electrons. The number of sulfonamides is 1. The third-order valence-electron chi connectivity index (χ3n) is 1.67. The first-order valence-corrected chi connectivity index (χ1v) is 5.29. The highest BCUT2D eigenvalue weighted by Gasteiger charge is 2.28. The quantitative estimate of drug-likeness (QED) is 0.616. The molecule has 1 aliphatic heterocycles. The smallest absolute Gasteiger partial charge is 0.214 e. The number of β-amino-alcohol motifs (C(OH)–C–C–N with tert-alkyl or cyclic N) is 1. The Balaban J connectivity index is 2.59. The van der Waals surface area contributed by atoms with Crippen molar-refractivity contribution in [2.45, 2.75) is 19.4 Å². The predicted octanol–water partition coefficient (Wildman–Crippen LogP) is -0.597. The highest BCUT2D eigenvalue weighted by molar-refractivity contribution is 7.89. The zero-order valence-corrected chi connectivity index (χ0v) is 7.34. The van der Waals surface area contributed by atoms with Gasteiger partial charge in [-0.05, 0) is 13.3 Å². The third kappa shape index (κ3) is 2.15. The average molecular weight is 179 g/mol. The van der Waals surface area contributed by atoms with E-state index in [1.807, 2.05) is 0 Å². The standard InChI is InChI=1S/C6H13NO3S/c1-6(8)5-7-3-2-4-11(7,9)10/h6,8H,2-5H2,1H3. The molecule has 4 nitrogen and oxygen atoms in total. The minimum atomic E-state index is -3.01. The third-order valence-corrected chi connectivity index (χ3v) is 3.59. The van der Waals surface area contributed by atoms with Gasteiger partial charge < -0.3 is 5.11 Å². The minimum absolute atomic E-state index is 0.236. The van der Waals surface area contributed by atoms with Gasteiger partial charge in [-0.1, -0.05) is 0 Å². The van der Waals surface area contributed by atoms with E-state index < -0.39 is 16.1 Å². The number of aliphatic hydroxyl groups excluding tert-OH is 1. The Kier molecular flexibility index (Phi) is 2.51. The van der Waals surface area contributed by atoms with Crippen molar-refractivity contribution in [3.63, 3.8) is 0 Å². The van der Waals surface area contributed by atoms with Crippen LogP contribution in [0.1, 0.15) is 13.3 Å². The lowest BCUT2D eigenvalue weighted by molar-refractivity contribution is 0.166. The number of nitrogens with zero attached hydrogens (tertiary/aromatic N) is 1. The lowest BCUT2D eigenvalue weighted by atomic mass is 10.4. The van der Waals surface area contributed by atoms with Gasteiger partial charge in [-0.2, -0.15) is 4.31 Å². The average Bonchev–Trinajstić information content (AvgIpc) is 2.10. The van der Waals surface area contributed by atoms with Crippen molar-refractivity contribution in [2.24, 2.45) is 0 Å². The monoisotopic (exact) mass is 179 g/mol. The molecule has 1 aliphatic rings. The molecule has 1 saturated heterocycles. The maximum atomic E-state index is 11.1. The largest absolute Gasteiger partial charge is 0.392 e. The molecule has 0 amide bonds. The molecule has 0 saturated carbocycles. The Morgan fingerprint density at radius 1 is 1.64 bits per heavy atom. The summed E-state index contributed by atoms with van der Waals surface area (Å²) < 4.78 is 23.6. The molecule has 66 valence electrons. The zero-order chi connectivity index (χ0) is 8.48. The lowest BCUT2D eigenvalue weighted by Gasteiger charge is -2.15. The summed E-state index contributed by atoms with van der Waals surface area (Å²) in [4.78, 5) is 0. The van der Waals surface area contributed by atoms with Gasteiger partial charge in [0.25, 0.3) is 0 Å². The van der Waals surface area contributed by atoms with Crippen LogP contribution in [-0.4, -0.2) is 42.8 Å². The first-order valence-electron chi connectivity index (χ1n) is 3.68. The summed E-state index contributed by atoms with van der Waals surface area (Å²) >= 11 is 0. The van der Waals surface area contributed by atoms with Crippen molar-refractivity contribution in [1.29, 1.82) is 0 Å². The van der Waals surface area contributed by atoms with Gasteiger partial charge in [0.15, 0.2) is 0 Å². The van der Waals surface area contributed by atoms with Gasteiger partial charge in [0.05, 0.1) is 11.9 Å². The van der Waals surface area contributed by atoms with E-state index in [0.717, 1.165) is 0 Å². The first-order chi connectivity index (χ1) is 5.02. The van der Waals surface area contributed by atoms with Crippen LogP contribution in [0.4, 0.5) is 0 Å². The molecule has 0 aromatic rings. The van der Waals surface area contributed by atoms with Crippen LogP contribution in [0.3, 0.4) is 0 Å². The van der Waals surface area contributed by atoms with E-state index in [1.54, 1.807) is 6.92 Å². The van der Waals surface area contributed by atoms with Gasteiger partial charge in [-0.15, -0.1) is 0 Å². The Morgan fingerprint density at radius 2 is 2.27 bits per heavy atom. The Hall–Kier alpha value is -0.130. The summed E-state index contributed by atoms with van der Waals surface area (Å²) in [5.41, 5.74) is 0. The van der Waals surface area contributed by atoms with Gasteiger partial charge in [0, 0.05) is 13.1 Å². The second-order valence-electron chi connectivity index (χ2n) is 2.88. The fraction of sp³-hybridized carbons (Fsp3) is 1.00. The SMILES string of the molecule is CC(O)CN1CCCS1(=O)=O. The highest BCUT2D eigenvalue weighted by Crippen LogP contribution is 2.12. The van der Waals surface area contributed by atoms with Crippen molar-refractivity contribution in [1.82, 2.24) is 4.31 Å². The summed E-state index contributed by atoms with van der Waals surface area (Å²) in [5, 5.41) is 8.94. The van der Waals surface area contributed by atoms with Crippen LogP contribution in [0.15, 0.2) is 0 Å². The van der Waals surface area contributed by atoms with Gasteiger partial charge in [0.2, 0.25) is 10.0 Å². The lowest BCUT2D eigenvalue weighted by Crippen LogP contribution is -2.32. The maximum absolute atomic E-state index is 11.1. The molecule has 1 atom stereocenters. The highest BCUT2D eigenvalue weighted by atomic mass is 32.2. The molecule has 5 heteroatoms. The number of rotatable bonds is 2. The Bertz CT molecular complexity index is 222. The van der Waals surface area contributed by atoms with E-state index in [2.05, 4.69) is 0 Å². The molecule has 11 heavy (non-hydrogen) atoms. The van der Waals surface area contributed by atoms with Crippen molar-refractivity contribution < 1.29 is 13.5 Å². The summed E-state index contributed by atoms with van der Waals surface area (Å²) in [5.74, 6) is 0.236. The van der Waals surface area contributed by atoms with Crippen LogP contribution < -0.4 is 0 Å². The minimum Gasteiger partial charge on any atom is -0.392 e. The van der Waals surface area contributed by atoms with E-state index in [4.69, 9.17) is 5.11 Å². The van der Waals surface area contributed by atoms with Gasteiger partial charge in [-0.25, -0.2) is 8.42 Å². The fourth-order valence-electron chi connectivity index (χ4n) is 1.19. The maximum Gasteiger partial charge on any atom is 0.214 e. The molecule has 0 aromatic heterocycles. The molecule has 1 rings (SSSR count). The molecule has 0 aromatic carbocycles. The van der Waals surface area contributed by atoms with Gasteiger partial charge in [-0.3, -0.25) is 0 Å². The second-order valence-corrected chi connectivity index (χ2v) is 4.97. The molecule has 0 bridgehead atoms. The van der Waals surface area contributed by atoms with Crippen molar-refractivity contribution in [2.75, 3.05) is 18.8 Å². The number of hydrogen-bond donors (Lipinski definition) is 1. The van der Waals surface area contributed by atoms with E-state index >= 15 is 0 Å². The summed E-state index contributed by atoms with van der Waals surface area (Å²) in [6.07, 6.45) is 0.123. The number of aliphatic hydroxyl groups is 1. The van der Waals surface area contributed by atoms with Crippen LogP contribution >= 0.6 is 0 Å². The van der Waals surface area contributed by atoms with Gasteiger partial charge in [0.1, 0.15) is 0 Å². The van der Waals surface area contributed by atoms with E-state index in [0.29, 0.717) is 13.0 Å². The normalized spacial score (nSPS) is 27.1. The van der Waals surface area contributed by atoms with Crippen molar-refractivity contribution >= 4 is 10.0 Å². The molecule has 1 heterocycles. The predicted molar refractivity (Wildman–Crippen MR) is 41.7 cm³/mol. The number of hydrogen-bond acceptors (Lipinski definition) is 3. The fourth-order valence-corrected chi connectivity index (χ4v) is 2.79. The van der Waals surface area contributed by atoms with Crippen LogP contribution in [0, 0.1) is 0 Å². The molecular weight excluding hydrogens is 166 g/mol. The van der Waals surface area contributed by atoms with Crippen molar-refractivity contribution in [3.05, 3.63) is 0 Å². The molecule has 1 N–H and O–H groups in total. The summed E-state index contributed by atoms with van der Waals surface area (Å²) in [6.45, 7) is 2.39. The molecule has 0 spiro atoms. The summed E-state index contributed by atoms with van der Waals surface area (Å²) in [6, 6.07) is 0. The van der Waals surface area contributed by atoms with E-state index in [9.17, 15) is 8.42 Å². The molecule has 1 fully saturated rings. The Morgan fingerprint density at radius 3 is 2.64 bits per heavy atom. The van der Waals surface area contributed by atoms with Crippen molar-refractivity contribution in [3.8, 4) is 0 Å².